The lowest BCUT2D eigenvalue weighted by Gasteiger charge is -2.42. The zero-order valence-electron chi connectivity index (χ0n) is 17.8. The Morgan fingerprint density at radius 2 is 1.55 bits per heavy atom. The molecular weight excluding hydrogens is 489 g/mol. The van der Waals surface area contributed by atoms with Crippen LogP contribution in [0.2, 0.25) is 10.0 Å². The van der Waals surface area contributed by atoms with E-state index in [9.17, 15) is 18.4 Å². The first-order chi connectivity index (χ1) is 15.8. The van der Waals surface area contributed by atoms with Crippen LogP contribution in [-0.4, -0.2) is 68.0 Å². The van der Waals surface area contributed by atoms with E-state index >= 15 is 0 Å². The average molecular weight is 514 g/mol. The van der Waals surface area contributed by atoms with Crippen LogP contribution >= 0.6 is 23.2 Å². The number of sulfonamides is 1. The Labute approximate surface area is 203 Å². The predicted molar refractivity (Wildman–Crippen MR) is 127 cm³/mol. The Morgan fingerprint density at radius 1 is 0.939 bits per heavy atom. The molecule has 0 unspecified atom stereocenters. The van der Waals surface area contributed by atoms with Crippen molar-refractivity contribution in [3.63, 3.8) is 0 Å². The Balaban J connectivity index is 1.46. The van der Waals surface area contributed by atoms with Gasteiger partial charge < -0.3 is 9.64 Å². The lowest BCUT2D eigenvalue weighted by atomic mass is 9.98. The molecule has 0 spiro atoms. The monoisotopic (exact) mass is 513 g/mol. The van der Waals surface area contributed by atoms with Crippen molar-refractivity contribution in [2.45, 2.75) is 17.6 Å². The van der Waals surface area contributed by atoms with Crippen molar-refractivity contribution in [3.8, 4) is 11.1 Å². The first kappa shape index (κ1) is 24.3. The number of hydrogen-bond donors (Lipinski definition) is 2. The molecular formula is C22H25Cl2N3O5S. The molecule has 2 aromatic rings. The summed E-state index contributed by atoms with van der Waals surface area (Å²) in [5.41, 5.74) is 4.48. The number of rotatable bonds is 5. The van der Waals surface area contributed by atoms with Gasteiger partial charge in [-0.2, -0.15) is 4.31 Å². The summed E-state index contributed by atoms with van der Waals surface area (Å²) >= 11 is 12.1. The molecule has 1 amide bonds. The number of carbonyl (C=O) groups is 1. The minimum Gasteiger partial charge on any atom is -0.381 e. The summed E-state index contributed by atoms with van der Waals surface area (Å²) in [6, 6.07) is 13.4. The number of halogens is 2. The van der Waals surface area contributed by atoms with Gasteiger partial charge in [0.1, 0.15) is 0 Å². The second-order valence-corrected chi connectivity index (χ2v) is 11.2. The molecule has 178 valence electrons. The number of ether oxygens (including phenoxy) is 1. The van der Waals surface area contributed by atoms with E-state index in [1.54, 1.807) is 11.5 Å². The van der Waals surface area contributed by atoms with Crippen molar-refractivity contribution < 1.29 is 23.2 Å². The molecule has 4 rings (SSSR count). The molecule has 2 aliphatic rings. The smallest absolute Gasteiger partial charge is 0.266 e. The highest BCUT2D eigenvalue weighted by Crippen LogP contribution is 2.34. The van der Waals surface area contributed by atoms with Crippen molar-refractivity contribution in [2.75, 3.05) is 44.3 Å². The minimum atomic E-state index is -3.98. The normalized spacial score (nSPS) is 19.3. The lowest BCUT2D eigenvalue weighted by Crippen LogP contribution is -2.62. The molecule has 2 fully saturated rings. The fraction of sp³-hybridized carbons (Fsp3) is 0.409. The largest absolute Gasteiger partial charge is 0.381 e. The molecule has 0 aliphatic carbocycles. The van der Waals surface area contributed by atoms with Gasteiger partial charge in [0.15, 0.2) is 4.75 Å². The van der Waals surface area contributed by atoms with Gasteiger partial charge >= 0.3 is 0 Å². The quantitative estimate of drug-likeness (QED) is 0.470. The number of amides is 1. The highest BCUT2D eigenvalue weighted by molar-refractivity contribution is 7.91. The Hall–Kier alpha value is -1.88. The number of carbonyl (C=O) groups excluding carboxylic acids is 1. The first-order valence-electron chi connectivity index (χ1n) is 10.6. The topological polar surface area (TPSA) is 99.2 Å². The molecule has 2 aliphatic heterocycles. The van der Waals surface area contributed by atoms with Gasteiger partial charge in [0, 0.05) is 57.9 Å². The number of benzene rings is 2. The fourth-order valence-electron chi connectivity index (χ4n) is 4.38. The molecule has 8 nitrogen and oxygen atoms in total. The number of nitrogens with one attached hydrogen (secondary N) is 1. The van der Waals surface area contributed by atoms with Gasteiger partial charge in [-0.1, -0.05) is 41.4 Å². The zero-order valence-corrected chi connectivity index (χ0v) is 20.2. The van der Waals surface area contributed by atoms with E-state index in [4.69, 9.17) is 27.9 Å². The van der Waals surface area contributed by atoms with Gasteiger partial charge in [0.25, 0.3) is 5.91 Å². The Morgan fingerprint density at radius 3 is 2.12 bits per heavy atom. The second kappa shape index (κ2) is 9.77. The van der Waals surface area contributed by atoms with Crippen LogP contribution in [0.1, 0.15) is 12.8 Å². The average Bonchev–Trinajstić information content (AvgIpc) is 2.85. The lowest BCUT2D eigenvalue weighted by molar-refractivity contribution is -0.134. The molecule has 0 atom stereocenters. The highest BCUT2D eigenvalue weighted by atomic mass is 35.5. The first-order valence-corrected chi connectivity index (χ1v) is 12.8. The molecule has 33 heavy (non-hydrogen) atoms. The zero-order chi connectivity index (χ0) is 23.6. The van der Waals surface area contributed by atoms with Crippen LogP contribution in [0.4, 0.5) is 5.69 Å². The minimum absolute atomic E-state index is 0.0120. The van der Waals surface area contributed by atoms with Gasteiger partial charge in [-0.15, -0.1) is 0 Å². The van der Waals surface area contributed by atoms with E-state index in [1.165, 1.54) is 4.31 Å². The van der Waals surface area contributed by atoms with Crippen molar-refractivity contribution in [2.24, 2.45) is 0 Å². The summed E-state index contributed by atoms with van der Waals surface area (Å²) in [5, 5.41) is 10.2. The van der Waals surface area contributed by atoms with Gasteiger partial charge in [-0.25, -0.2) is 13.9 Å². The third kappa shape index (κ3) is 4.58. The highest BCUT2D eigenvalue weighted by Gasteiger charge is 2.54. The molecule has 2 N–H and O–H groups in total. The SMILES string of the molecule is O=C(NO)C1(S(=O)(=O)N2CCN(c3ccc(-c4ccc(Cl)c(Cl)c4)cc3)CC2)CCOCC1. The molecule has 0 radical (unpaired) electrons. The van der Waals surface area contributed by atoms with Gasteiger partial charge in [-0.3, -0.25) is 10.0 Å². The van der Waals surface area contributed by atoms with E-state index in [2.05, 4.69) is 4.90 Å². The van der Waals surface area contributed by atoms with Crippen LogP contribution in [0.15, 0.2) is 42.5 Å². The van der Waals surface area contributed by atoms with Crippen molar-refractivity contribution in [1.29, 1.82) is 0 Å². The molecule has 2 heterocycles. The molecule has 2 saturated heterocycles. The summed E-state index contributed by atoms with van der Waals surface area (Å²) < 4.78 is 31.8. The number of hydroxylamine groups is 1. The summed E-state index contributed by atoms with van der Waals surface area (Å²) in [6.45, 7) is 1.77. The van der Waals surface area contributed by atoms with E-state index in [-0.39, 0.29) is 39.1 Å². The van der Waals surface area contributed by atoms with Crippen LogP contribution in [-0.2, 0) is 19.6 Å². The second-order valence-electron chi connectivity index (χ2n) is 8.11. The summed E-state index contributed by atoms with van der Waals surface area (Å²) in [4.78, 5) is 14.5. The van der Waals surface area contributed by atoms with Gasteiger partial charge in [-0.05, 0) is 35.4 Å². The predicted octanol–water partition coefficient (Wildman–Crippen LogP) is 3.17. The van der Waals surface area contributed by atoms with E-state index in [0.29, 0.717) is 23.1 Å². The summed E-state index contributed by atoms with van der Waals surface area (Å²) in [5.74, 6) is -0.897. The van der Waals surface area contributed by atoms with Crippen LogP contribution in [0.25, 0.3) is 11.1 Å². The molecule has 0 aromatic heterocycles. The number of hydrogen-bond acceptors (Lipinski definition) is 6. The molecule has 2 aromatic carbocycles. The van der Waals surface area contributed by atoms with E-state index in [1.807, 2.05) is 36.4 Å². The molecule has 11 heteroatoms. The Kier molecular flexibility index (Phi) is 7.18. The Bertz CT molecular complexity index is 1110. The standard InChI is InChI=1S/C22H25Cl2N3O5S/c23-19-6-3-17(15-20(19)24)16-1-4-18(5-2-16)26-9-11-27(12-10-26)33(30,31)22(21(28)25-29)7-13-32-14-8-22/h1-6,15,29H,7-14H2,(H,25,28). The number of nitrogens with zero attached hydrogens (tertiary/aromatic N) is 2. The van der Waals surface area contributed by atoms with Crippen LogP contribution in [0, 0.1) is 0 Å². The maximum absolute atomic E-state index is 13.4. The third-order valence-corrected chi connectivity index (χ3v) is 9.74. The molecule has 0 saturated carbocycles. The van der Waals surface area contributed by atoms with Gasteiger partial charge in [0.05, 0.1) is 10.0 Å². The summed E-state index contributed by atoms with van der Waals surface area (Å²) in [7, 11) is -3.98. The van der Waals surface area contributed by atoms with Gasteiger partial charge in [0.2, 0.25) is 10.0 Å². The number of anilines is 1. The van der Waals surface area contributed by atoms with E-state index < -0.39 is 20.7 Å². The number of piperazine rings is 1. The maximum atomic E-state index is 13.4. The van der Waals surface area contributed by atoms with Crippen LogP contribution in [0.3, 0.4) is 0 Å². The fourth-order valence-corrected chi connectivity index (χ4v) is 6.78. The van der Waals surface area contributed by atoms with Crippen molar-refractivity contribution >= 4 is 44.8 Å². The van der Waals surface area contributed by atoms with Crippen LogP contribution < -0.4 is 10.4 Å². The van der Waals surface area contributed by atoms with Crippen LogP contribution in [0.5, 0.6) is 0 Å². The van der Waals surface area contributed by atoms with Crippen molar-refractivity contribution in [1.82, 2.24) is 9.79 Å². The third-order valence-electron chi connectivity index (χ3n) is 6.37. The maximum Gasteiger partial charge on any atom is 0.266 e. The summed E-state index contributed by atoms with van der Waals surface area (Å²) in [6.07, 6.45) is 0.0240. The van der Waals surface area contributed by atoms with Crippen molar-refractivity contribution in [3.05, 3.63) is 52.5 Å². The molecule has 0 bridgehead atoms. The van der Waals surface area contributed by atoms with E-state index in [0.717, 1.165) is 16.8 Å².